The highest BCUT2D eigenvalue weighted by atomic mass is 32.2. The first kappa shape index (κ1) is 19.7. The van der Waals surface area contributed by atoms with Crippen LogP contribution in [-0.2, 0) is 14.6 Å². The van der Waals surface area contributed by atoms with Crippen LogP contribution in [-0.4, -0.2) is 68.9 Å². The normalized spacial score (nSPS) is 19.6. The summed E-state index contributed by atoms with van der Waals surface area (Å²) in [4.78, 5) is 16.5. The van der Waals surface area contributed by atoms with Crippen LogP contribution in [0.5, 0.6) is 0 Å². The minimum atomic E-state index is -3.02. The summed E-state index contributed by atoms with van der Waals surface area (Å²) >= 11 is 0. The van der Waals surface area contributed by atoms with E-state index in [2.05, 4.69) is 4.90 Å². The number of carbonyl (C=O) groups is 1. The van der Waals surface area contributed by atoms with Gasteiger partial charge in [-0.15, -0.1) is 0 Å². The van der Waals surface area contributed by atoms with Crippen molar-refractivity contribution >= 4 is 21.8 Å². The molecule has 1 saturated heterocycles. The topological polar surface area (TPSA) is 57.7 Å². The molecule has 1 aromatic rings. The molecule has 25 heavy (non-hydrogen) atoms. The maximum absolute atomic E-state index is 12.7. The Kier molecular flexibility index (Phi) is 6.79. The molecule has 1 heterocycles. The molecule has 0 radical (unpaired) electrons. The van der Waals surface area contributed by atoms with Gasteiger partial charge in [0.15, 0.2) is 9.84 Å². The van der Waals surface area contributed by atoms with Crippen LogP contribution < -0.4 is 0 Å². The molecule has 0 aromatic heterocycles. The lowest BCUT2D eigenvalue weighted by Gasteiger charge is -2.27. The molecule has 2 rings (SSSR count). The highest BCUT2D eigenvalue weighted by Gasteiger charge is 2.33. The number of hydrogen-bond donors (Lipinski definition) is 0. The van der Waals surface area contributed by atoms with Gasteiger partial charge >= 0.3 is 0 Å². The standard InChI is InChI=1S/C19H28N2O3S/c1-16-5-7-17(8-6-16)9-10-19(22)21(13-4-12-20(2)3)18-11-14-25(23,24)15-18/h5-10,18H,4,11-15H2,1-3H3/b10-9+. The van der Waals surface area contributed by atoms with E-state index in [-0.39, 0.29) is 23.5 Å². The predicted octanol–water partition coefficient (Wildman–Crippen LogP) is 1.98. The highest BCUT2D eigenvalue weighted by molar-refractivity contribution is 7.91. The van der Waals surface area contributed by atoms with Crippen LogP contribution in [0.3, 0.4) is 0 Å². The Hall–Kier alpha value is -1.66. The fraction of sp³-hybridized carbons (Fsp3) is 0.526. The maximum Gasteiger partial charge on any atom is 0.246 e. The lowest BCUT2D eigenvalue weighted by Crippen LogP contribution is -2.41. The van der Waals surface area contributed by atoms with Crippen molar-refractivity contribution in [3.63, 3.8) is 0 Å². The zero-order chi connectivity index (χ0) is 18.4. The van der Waals surface area contributed by atoms with Gasteiger partial charge in [-0.2, -0.15) is 0 Å². The fourth-order valence-corrected chi connectivity index (χ4v) is 4.72. The first-order valence-electron chi connectivity index (χ1n) is 8.67. The molecule has 1 amide bonds. The molecule has 1 aliphatic rings. The zero-order valence-corrected chi connectivity index (χ0v) is 16.1. The Labute approximate surface area is 151 Å². The van der Waals surface area contributed by atoms with Crippen LogP contribution in [0.4, 0.5) is 0 Å². The molecule has 1 atom stereocenters. The third kappa shape index (κ3) is 6.29. The highest BCUT2D eigenvalue weighted by Crippen LogP contribution is 2.19. The van der Waals surface area contributed by atoms with E-state index in [1.54, 1.807) is 17.1 Å². The molecule has 0 bridgehead atoms. The van der Waals surface area contributed by atoms with Crippen LogP contribution in [0, 0.1) is 6.92 Å². The number of nitrogens with zero attached hydrogens (tertiary/aromatic N) is 2. The van der Waals surface area contributed by atoms with E-state index in [9.17, 15) is 13.2 Å². The number of aryl methyl sites for hydroxylation is 1. The summed E-state index contributed by atoms with van der Waals surface area (Å²) in [5, 5.41) is 0. The Balaban J connectivity index is 2.07. The summed E-state index contributed by atoms with van der Waals surface area (Å²) in [6.45, 7) is 3.46. The summed E-state index contributed by atoms with van der Waals surface area (Å²) in [5.74, 6) is 0.150. The van der Waals surface area contributed by atoms with Crippen molar-refractivity contribution in [1.82, 2.24) is 9.80 Å². The van der Waals surface area contributed by atoms with Gasteiger partial charge in [0.1, 0.15) is 0 Å². The molecule has 6 heteroatoms. The minimum Gasteiger partial charge on any atom is -0.335 e. The molecule has 0 N–H and O–H groups in total. The van der Waals surface area contributed by atoms with Gasteiger partial charge < -0.3 is 9.80 Å². The van der Waals surface area contributed by atoms with Gasteiger partial charge in [-0.1, -0.05) is 29.8 Å². The molecule has 0 spiro atoms. The van der Waals surface area contributed by atoms with Crippen molar-refractivity contribution in [3.05, 3.63) is 41.5 Å². The molecular weight excluding hydrogens is 336 g/mol. The van der Waals surface area contributed by atoms with Crippen molar-refractivity contribution in [2.24, 2.45) is 0 Å². The summed E-state index contributed by atoms with van der Waals surface area (Å²) in [6, 6.07) is 7.73. The number of amides is 1. The van der Waals surface area contributed by atoms with Crippen LogP contribution in [0.15, 0.2) is 30.3 Å². The largest absolute Gasteiger partial charge is 0.335 e. The molecule has 1 aromatic carbocycles. The monoisotopic (exact) mass is 364 g/mol. The van der Waals surface area contributed by atoms with Gasteiger partial charge in [0.2, 0.25) is 5.91 Å². The van der Waals surface area contributed by atoms with E-state index in [0.29, 0.717) is 13.0 Å². The molecule has 0 aliphatic carbocycles. The second-order valence-corrected chi connectivity index (χ2v) is 9.22. The molecular formula is C19H28N2O3S. The number of carbonyl (C=O) groups excluding carboxylic acids is 1. The Morgan fingerprint density at radius 1 is 1.20 bits per heavy atom. The minimum absolute atomic E-state index is 0.0824. The Morgan fingerprint density at radius 2 is 1.88 bits per heavy atom. The summed E-state index contributed by atoms with van der Waals surface area (Å²) in [5.41, 5.74) is 2.14. The maximum atomic E-state index is 12.7. The Bertz CT molecular complexity index is 709. The number of sulfone groups is 1. The average Bonchev–Trinajstić information content (AvgIpc) is 2.90. The molecule has 0 saturated carbocycles. The lowest BCUT2D eigenvalue weighted by atomic mass is 10.1. The quantitative estimate of drug-likeness (QED) is 0.694. The molecule has 1 unspecified atom stereocenters. The van der Waals surface area contributed by atoms with E-state index in [4.69, 9.17) is 0 Å². The van der Waals surface area contributed by atoms with Gasteiger partial charge in [0, 0.05) is 18.7 Å². The van der Waals surface area contributed by atoms with Gasteiger partial charge in [0.05, 0.1) is 11.5 Å². The molecule has 138 valence electrons. The van der Waals surface area contributed by atoms with Gasteiger partial charge in [0.25, 0.3) is 0 Å². The first-order valence-corrected chi connectivity index (χ1v) is 10.5. The van der Waals surface area contributed by atoms with E-state index in [0.717, 1.165) is 18.5 Å². The lowest BCUT2D eigenvalue weighted by molar-refractivity contribution is -0.127. The summed E-state index contributed by atoms with van der Waals surface area (Å²) < 4.78 is 23.6. The van der Waals surface area contributed by atoms with E-state index >= 15 is 0 Å². The third-order valence-corrected chi connectivity index (χ3v) is 6.18. The predicted molar refractivity (Wildman–Crippen MR) is 102 cm³/mol. The van der Waals surface area contributed by atoms with Crippen LogP contribution in [0.25, 0.3) is 6.08 Å². The number of hydrogen-bond acceptors (Lipinski definition) is 4. The van der Waals surface area contributed by atoms with E-state index in [1.165, 1.54) is 5.56 Å². The van der Waals surface area contributed by atoms with E-state index in [1.807, 2.05) is 45.3 Å². The smallest absolute Gasteiger partial charge is 0.246 e. The molecule has 1 fully saturated rings. The van der Waals surface area contributed by atoms with Crippen molar-refractivity contribution in [2.45, 2.75) is 25.8 Å². The van der Waals surface area contributed by atoms with Gasteiger partial charge in [-0.05, 0) is 52.0 Å². The number of benzene rings is 1. The first-order chi connectivity index (χ1) is 11.8. The van der Waals surface area contributed by atoms with E-state index < -0.39 is 9.84 Å². The van der Waals surface area contributed by atoms with Crippen molar-refractivity contribution in [1.29, 1.82) is 0 Å². The second kappa shape index (κ2) is 8.63. The van der Waals surface area contributed by atoms with Gasteiger partial charge in [-0.3, -0.25) is 4.79 Å². The molecule has 1 aliphatic heterocycles. The average molecular weight is 365 g/mol. The van der Waals surface area contributed by atoms with Crippen LogP contribution in [0.2, 0.25) is 0 Å². The van der Waals surface area contributed by atoms with Crippen LogP contribution in [0.1, 0.15) is 24.0 Å². The third-order valence-electron chi connectivity index (χ3n) is 4.43. The summed E-state index contributed by atoms with van der Waals surface area (Å²) in [7, 11) is 0.963. The second-order valence-electron chi connectivity index (χ2n) is 6.99. The Morgan fingerprint density at radius 3 is 2.44 bits per heavy atom. The zero-order valence-electron chi connectivity index (χ0n) is 15.3. The SMILES string of the molecule is Cc1ccc(/C=C/C(=O)N(CCCN(C)C)C2CCS(=O)(=O)C2)cc1. The number of rotatable bonds is 7. The van der Waals surface area contributed by atoms with Crippen molar-refractivity contribution in [2.75, 3.05) is 38.7 Å². The summed E-state index contributed by atoms with van der Waals surface area (Å²) in [6.07, 6.45) is 4.72. The van der Waals surface area contributed by atoms with Gasteiger partial charge in [-0.25, -0.2) is 8.42 Å². The molecule has 5 nitrogen and oxygen atoms in total. The van der Waals surface area contributed by atoms with Crippen LogP contribution >= 0.6 is 0 Å². The van der Waals surface area contributed by atoms with Crippen molar-refractivity contribution in [3.8, 4) is 0 Å². The van der Waals surface area contributed by atoms with Crippen molar-refractivity contribution < 1.29 is 13.2 Å². The fourth-order valence-electron chi connectivity index (χ4n) is 2.99.